The van der Waals surface area contributed by atoms with Crippen molar-refractivity contribution in [2.75, 3.05) is 0 Å². The van der Waals surface area contributed by atoms with Crippen molar-refractivity contribution in [3.63, 3.8) is 0 Å². The number of benzene rings is 2. The zero-order chi connectivity index (χ0) is 39.5. The van der Waals surface area contributed by atoms with Gasteiger partial charge in [-0.05, 0) is 92.5 Å². The third-order valence-electron chi connectivity index (χ3n) is 12.2. The van der Waals surface area contributed by atoms with E-state index >= 15 is 26.3 Å². The van der Waals surface area contributed by atoms with Crippen LogP contribution in [0.1, 0.15) is 87.4 Å². The van der Waals surface area contributed by atoms with E-state index in [-0.39, 0.29) is 32.2 Å². The van der Waals surface area contributed by atoms with Crippen LogP contribution in [0.5, 0.6) is 0 Å². The molecule has 7 rings (SSSR count). The lowest BCUT2D eigenvalue weighted by Gasteiger charge is -2.32. The van der Waals surface area contributed by atoms with E-state index in [2.05, 4.69) is 0 Å². The topological polar surface area (TPSA) is 98.4 Å². The summed E-state index contributed by atoms with van der Waals surface area (Å²) >= 11 is 2.01. The number of allylic oxidation sites excluding steroid dienone is 2. The van der Waals surface area contributed by atoms with Gasteiger partial charge in [0.2, 0.25) is 0 Å². The molecule has 0 amide bonds. The summed E-state index contributed by atoms with van der Waals surface area (Å²) in [7, 11) is 0. The molecule has 3 aliphatic rings. The van der Waals surface area contributed by atoms with Gasteiger partial charge in [-0.25, -0.2) is 0 Å². The normalized spacial score (nSPS) is 23.8. The van der Waals surface area contributed by atoms with Crippen molar-refractivity contribution >= 4 is 65.7 Å². The minimum Gasteiger partial charge on any atom is -0.714 e. The van der Waals surface area contributed by atoms with Crippen LogP contribution in [0, 0.1) is 24.3 Å². The van der Waals surface area contributed by atoms with Crippen molar-refractivity contribution in [3.8, 4) is 0 Å². The minimum atomic E-state index is -5.81. The van der Waals surface area contributed by atoms with Gasteiger partial charge in [0.15, 0.2) is 11.1 Å². The first kappa shape index (κ1) is 37.5. The summed E-state index contributed by atoms with van der Waals surface area (Å²) in [5.41, 5.74) is -8.49. The fourth-order valence-electron chi connectivity index (χ4n) is 7.41. The quantitative estimate of drug-likeness (QED) is 0.117. The lowest BCUT2D eigenvalue weighted by Crippen LogP contribution is -2.53. The van der Waals surface area contributed by atoms with Gasteiger partial charge in [0.1, 0.15) is 11.1 Å². The second-order valence-electron chi connectivity index (χ2n) is 16.0. The third-order valence-corrected chi connectivity index (χ3v) is 14.4. The first-order valence-corrected chi connectivity index (χ1v) is 18.3. The molecule has 0 spiro atoms. The Hall–Kier alpha value is -3.86. The molecule has 0 fully saturated rings. The number of thiophene rings is 2. The van der Waals surface area contributed by atoms with E-state index in [1.54, 1.807) is 69.2 Å². The Balaban J connectivity index is 1.43. The average Bonchev–Trinajstić information content (AvgIpc) is 3.65. The summed E-state index contributed by atoms with van der Waals surface area (Å²) in [5.74, 6) is -16.9. The maximum absolute atomic E-state index is 15.9. The van der Waals surface area contributed by atoms with Gasteiger partial charge >= 0.3 is 29.4 Å². The SMILES string of the molecule is Cc1sc2cc(C3=C(c4ccc5c(C6=[N+]([O-])C(C)(C)C(C)(C)N6[O])c(C)sc5c4)C(F)(F)C(F)(F)C3(F)F)ccc2c1C1=[N+]([O-])C(C)(C)C(C)(C)N1[O]. The molecule has 4 aromatic rings. The molecule has 0 unspecified atom stereocenters. The molecule has 2 aromatic carbocycles. The van der Waals surface area contributed by atoms with Crippen LogP contribution in [-0.2, 0) is 10.4 Å². The summed E-state index contributed by atoms with van der Waals surface area (Å²) in [6.45, 7) is 16.1. The highest BCUT2D eigenvalue weighted by Gasteiger charge is 2.80. The fourth-order valence-corrected chi connectivity index (χ4v) is 9.60. The first-order valence-electron chi connectivity index (χ1n) is 16.7. The Labute approximate surface area is 309 Å². The maximum Gasteiger partial charge on any atom is 0.380 e. The van der Waals surface area contributed by atoms with Crippen molar-refractivity contribution in [2.24, 2.45) is 0 Å². The molecule has 0 bridgehead atoms. The summed E-state index contributed by atoms with van der Waals surface area (Å²) in [4.78, 5) is 0.917. The second-order valence-corrected chi connectivity index (χ2v) is 18.5. The molecule has 2 aromatic heterocycles. The van der Waals surface area contributed by atoms with Gasteiger partial charge in [0.05, 0.1) is 11.1 Å². The van der Waals surface area contributed by atoms with Gasteiger partial charge in [-0.15, -0.1) is 22.7 Å². The molecular formula is C37H36F6N4O4S2. The molecule has 2 aliphatic heterocycles. The van der Waals surface area contributed by atoms with Crippen LogP contribution in [0.4, 0.5) is 26.3 Å². The number of aryl methyl sites for hydroxylation is 2. The average molecular weight is 779 g/mol. The molecule has 4 heterocycles. The van der Waals surface area contributed by atoms with E-state index in [0.29, 0.717) is 40.1 Å². The second kappa shape index (κ2) is 10.7. The molecule has 282 valence electrons. The monoisotopic (exact) mass is 778 g/mol. The number of rotatable bonds is 4. The number of halogens is 6. The lowest BCUT2D eigenvalue weighted by molar-refractivity contribution is -0.539. The van der Waals surface area contributed by atoms with E-state index in [1.165, 1.54) is 12.1 Å². The standard InChI is InChI=1S/C37H36F6N4O4S2/c1-17-25(29-44(48)31(3,4)32(5,6)45(29)49)21-13-11-19(15-23(21)52-17)27-28(36(40,41)37(42,43)35(27,38)39)20-12-14-22-24(16-20)53-18(2)26(22)30-46(50)33(7,8)34(9,10)47(30)51/h11-16H,1-10H3. The largest absolute Gasteiger partial charge is 0.714 e. The Bertz CT molecular complexity index is 2230. The number of hydrogen-bond acceptors (Lipinski definition) is 6. The van der Waals surface area contributed by atoms with Crippen LogP contribution >= 0.6 is 22.7 Å². The summed E-state index contributed by atoms with van der Waals surface area (Å²) in [6, 6.07) is 6.79. The van der Waals surface area contributed by atoms with Crippen molar-refractivity contribution in [1.29, 1.82) is 0 Å². The van der Waals surface area contributed by atoms with Gasteiger partial charge in [-0.2, -0.15) is 26.3 Å². The number of hydroxylamine groups is 6. The molecule has 8 nitrogen and oxygen atoms in total. The molecule has 1 aliphatic carbocycles. The van der Waals surface area contributed by atoms with E-state index < -0.39 is 62.2 Å². The molecule has 0 saturated carbocycles. The zero-order valence-electron chi connectivity index (χ0n) is 30.5. The molecule has 53 heavy (non-hydrogen) atoms. The molecule has 2 radical (unpaired) electrons. The number of hydrogen-bond donors (Lipinski definition) is 0. The summed E-state index contributed by atoms with van der Waals surface area (Å²) in [6.07, 6.45) is 0. The van der Waals surface area contributed by atoms with Gasteiger partial charge in [-0.3, -0.25) is 9.48 Å². The van der Waals surface area contributed by atoms with Gasteiger partial charge in [0, 0.05) is 51.5 Å². The molecule has 16 heteroatoms. The maximum atomic E-state index is 15.9. The molecule has 0 atom stereocenters. The lowest BCUT2D eigenvalue weighted by atomic mass is 9.84. The first-order chi connectivity index (χ1) is 24.1. The van der Waals surface area contributed by atoms with Crippen LogP contribution in [0.25, 0.3) is 31.3 Å². The Morgan fingerprint density at radius 1 is 0.585 bits per heavy atom. The van der Waals surface area contributed by atoms with Gasteiger partial charge in [0.25, 0.3) is 0 Å². The Morgan fingerprint density at radius 2 is 0.906 bits per heavy atom. The van der Waals surface area contributed by atoms with Crippen LogP contribution in [-0.4, -0.2) is 71.2 Å². The number of alkyl halides is 6. The van der Waals surface area contributed by atoms with Gasteiger partial charge in [-0.1, -0.05) is 34.4 Å². The van der Waals surface area contributed by atoms with Gasteiger partial charge < -0.3 is 10.4 Å². The van der Waals surface area contributed by atoms with Crippen molar-refractivity contribution < 1.29 is 46.2 Å². The van der Waals surface area contributed by atoms with E-state index in [4.69, 9.17) is 0 Å². The highest BCUT2D eigenvalue weighted by atomic mass is 32.1. The van der Waals surface area contributed by atoms with Crippen LogP contribution in [0.3, 0.4) is 0 Å². The van der Waals surface area contributed by atoms with Crippen LogP contribution in [0.2, 0.25) is 0 Å². The van der Waals surface area contributed by atoms with E-state index in [1.807, 2.05) is 0 Å². The molecule has 0 N–H and O–H groups in total. The Kier molecular flexibility index (Phi) is 7.54. The predicted octanol–water partition coefficient (Wildman–Crippen LogP) is 9.51. The third kappa shape index (κ3) is 4.31. The van der Waals surface area contributed by atoms with Crippen molar-refractivity contribution in [2.45, 2.75) is 109 Å². The fraction of sp³-hybridized carbons (Fsp3) is 0.459. The predicted molar refractivity (Wildman–Crippen MR) is 192 cm³/mol. The highest BCUT2D eigenvalue weighted by Crippen LogP contribution is 2.65. The number of amidine groups is 2. The number of nitrogens with zero attached hydrogens (tertiary/aromatic N) is 4. The smallest absolute Gasteiger partial charge is 0.380 e. The Morgan fingerprint density at radius 3 is 1.19 bits per heavy atom. The molecular weight excluding hydrogens is 743 g/mol. The van der Waals surface area contributed by atoms with E-state index in [0.717, 1.165) is 46.9 Å². The van der Waals surface area contributed by atoms with Crippen molar-refractivity contribution in [3.05, 3.63) is 78.8 Å². The van der Waals surface area contributed by atoms with Crippen LogP contribution < -0.4 is 0 Å². The van der Waals surface area contributed by atoms with E-state index in [9.17, 15) is 20.8 Å². The summed E-state index contributed by atoms with van der Waals surface area (Å²) < 4.78 is 95.7. The zero-order valence-corrected chi connectivity index (χ0v) is 32.1. The highest BCUT2D eigenvalue weighted by molar-refractivity contribution is 7.19. The van der Waals surface area contributed by atoms with Crippen molar-refractivity contribution in [1.82, 2.24) is 10.1 Å². The minimum absolute atomic E-state index is 0.206. The molecule has 0 saturated heterocycles. The van der Waals surface area contributed by atoms with Crippen LogP contribution in [0.15, 0.2) is 36.4 Å². The summed E-state index contributed by atoms with van der Waals surface area (Å²) in [5, 5.41) is 55.6. The number of fused-ring (bicyclic) bond motifs is 2.